The summed E-state index contributed by atoms with van der Waals surface area (Å²) in [4.78, 5) is 23.1. The molecule has 1 fully saturated rings. The molecule has 126 valence electrons. The highest BCUT2D eigenvalue weighted by Gasteiger charge is 2.29. The van der Waals surface area contributed by atoms with Crippen molar-refractivity contribution in [1.29, 1.82) is 0 Å². The third-order valence-electron chi connectivity index (χ3n) is 4.51. The number of hydrogen-bond acceptors (Lipinski definition) is 4. The average molecular weight is 328 g/mol. The summed E-state index contributed by atoms with van der Waals surface area (Å²) >= 11 is 0. The van der Waals surface area contributed by atoms with Gasteiger partial charge in [-0.25, -0.2) is 0 Å². The maximum Gasteiger partial charge on any atom is 0.306 e. The van der Waals surface area contributed by atoms with Crippen molar-refractivity contribution < 1.29 is 19.2 Å². The van der Waals surface area contributed by atoms with Gasteiger partial charge in [0.15, 0.2) is 5.76 Å². The van der Waals surface area contributed by atoms with Crippen molar-refractivity contribution >= 4 is 11.9 Å². The zero-order chi connectivity index (χ0) is 16.9. The molecule has 2 aromatic rings. The molecule has 24 heavy (non-hydrogen) atoms. The van der Waals surface area contributed by atoms with Crippen LogP contribution in [0.4, 0.5) is 0 Å². The summed E-state index contributed by atoms with van der Waals surface area (Å²) in [5, 5.41) is 15.9. The molecule has 1 aromatic heterocycles. The Bertz CT molecular complexity index is 703. The fourth-order valence-corrected chi connectivity index (χ4v) is 3.06. The Hall–Kier alpha value is -2.63. The third kappa shape index (κ3) is 3.82. The molecule has 1 amide bonds. The van der Waals surface area contributed by atoms with E-state index in [9.17, 15) is 9.59 Å². The molecule has 0 aliphatic heterocycles. The van der Waals surface area contributed by atoms with E-state index in [1.807, 2.05) is 36.4 Å². The number of hydrogen-bond donors (Lipinski definition) is 2. The molecule has 0 bridgehead atoms. The van der Waals surface area contributed by atoms with Gasteiger partial charge in [-0.3, -0.25) is 9.59 Å². The fraction of sp³-hybridized carbons (Fsp3) is 0.389. The monoisotopic (exact) mass is 328 g/mol. The number of aliphatic carboxylic acids is 1. The first-order valence-corrected chi connectivity index (χ1v) is 8.15. The lowest BCUT2D eigenvalue weighted by molar-refractivity contribution is -0.144. The van der Waals surface area contributed by atoms with E-state index in [-0.39, 0.29) is 24.3 Å². The summed E-state index contributed by atoms with van der Waals surface area (Å²) < 4.78 is 5.26. The van der Waals surface area contributed by atoms with E-state index in [2.05, 4.69) is 10.5 Å². The van der Waals surface area contributed by atoms with Gasteiger partial charge in [0.05, 0.1) is 12.5 Å². The highest BCUT2D eigenvalue weighted by atomic mass is 16.5. The minimum Gasteiger partial charge on any atom is -0.481 e. The number of nitrogens with one attached hydrogen (secondary N) is 1. The molecular formula is C18H20N2O4. The molecule has 2 N–H and O–H groups in total. The Balaban J connectivity index is 1.50. The Morgan fingerprint density at radius 3 is 2.46 bits per heavy atom. The molecule has 1 aromatic carbocycles. The molecule has 1 aliphatic carbocycles. The highest BCUT2D eigenvalue weighted by Crippen LogP contribution is 2.29. The van der Waals surface area contributed by atoms with Gasteiger partial charge >= 0.3 is 5.97 Å². The number of carboxylic acid groups (broad SMARTS) is 1. The summed E-state index contributed by atoms with van der Waals surface area (Å²) in [6.45, 7) is 0.289. The van der Waals surface area contributed by atoms with Crippen LogP contribution in [0.15, 0.2) is 40.9 Å². The molecule has 6 heteroatoms. The molecular weight excluding hydrogens is 308 g/mol. The first kappa shape index (κ1) is 16.2. The van der Waals surface area contributed by atoms with Crippen LogP contribution in [-0.2, 0) is 16.1 Å². The van der Waals surface area contributed by atoms with Gasteiger partial charge in [0.25, 0.3) is 0 Å². The summed E-state index contributed by atoms with van der Waals surface area (Å²) in [6, 6.07) is 11.5. The minimum atomic E-state index is -0.760. The highest BCUT2D eigenvalue weighted by molar-refractivity contribution is 5.79. The third-order valence-corrected chi connectivity index (χ3v) is 4.51. The van der Waals surface area contributed by atoms with Gasteiger partial charge in [-0.05, 0) is 25.7 Å². The maximum atomic E-state index is 12.2. The largest absolute Gasteiger partial charge is 0.481 e. The smallest absolute Gasteiger partial charge is 0.306 e. The Morgan fingerprint density at radius 1 is 1.12 bits per heavy atom. The summed E-state index contributed by atoms with van der Waals surface area (Å²) in [5.41, 5.74) is 1.70. The minimum absolute atomic E-state index is 0.0449. The summed E-state index contributed by atoms with van der Waals surface area (Å²) in [7, 11) is 0. The van der Waals surface area contributed by atoms with Crippen LogP contribution in [0, 0.1) is 11.8 Å². The van der Waals surface area contributed by atoms with E-state index < -0.39 is 5.97 Å². The van der Waals surface area contributed by atoms with Gasteiger partial charge < -0.3 is 14.9 Å². The molecule has 0 spiro atoms. The molecule has 0 radical (unpaired) electrons. The molecule has 3 rings (SSSR count). The number of nitrogens with zero attached hydrogens (tertiary/aromatic N) is 1. The van der Waals surface area contributed by atoms with E-state index in [4.69, 9.17) is 9.63 Å². The lowest BCUT2D eigenvalue weighted by Crippen LogP contribution is -2.34. The quantitative estimate of drug-likeness (QED) is 0.880. The van der Waals surface area contributed by atoms with Crippen molar-refractivity contribution in [3.63, 3.8) is 0 Å². The lowest BCUT2D eigenvalue weighted by Gasteiger charge is -2.24. The Kier molecular flexibility index (Phi) is 4.93. The van der Waals surface area contributed by atoms with E-state index >= 15 is 0 Å². The maximum absolute atomic E-state index is 12.2. The van der Waals surface area contributed by atoms with Crippen LogP contribution >= 0.6 is 0 Å². The standard InChI is InChI=1S/C18H20N2O4/c21-17(13-6-8-14(9-7-13)18(22)23)19-11-15-10-16(20-24-15)12-4-2-1-3-5-12/h1-5,10,13-14H,6-9,11H2,(H,19,21)(H,22,23). The topological polar surface area (TPSA) is 92.4 Å². The molecule has 6 nitrogen and oxygen atoms in total. The van der Waals surface area contributed by atoms with Gasteiger partial charge in [0.1, 0.15) is 5.69 Å². The number of carbonyl (C=O) groups excluding carboxylic acids is 1. The van der Waals surface area contributed by atoms with Crippen molar-refractivity contribution in [2.75, 3.05) is 0 Å². The Labute approximate surface area is 139 Å². The van der Waals surface area contributed by atoms with Crippen molar-refractivity contribution in [2.45, 2.75) is 32.2 Å². The number of aromatic nitrogens is 1. The van der Waals surface area contributed by atoms with Gasteiger partial charge in [-0.15, -0.1) is 0 Å². The van der Waals surface area contributed by atoms with Crippen LogP contribution in [0.5, 0.6) is 0 Å². The molecule has 1 aliphatic rings. The number of benzene rings is 1. The van der Waals surface area contributed by atoms with Crippen molar-refractivity contribution in [3.05, 3.63) is 42.2 Å². The van der Waals surface area contributed by atoms with E-state index in [0.29, 0.717) is 31.4 Å². The number of carbonyl (C=O) groups is 2. The van der Waals surface area contributed by atoms with Gasteiger partial charge in [0.2, 0.25) is 5.91 Å². The second kappa shape index (κ2) is 7.29. The van der Waals surface area contributed by atoms with E-state index in [1.54, 1.807) is 0 Å². The molecule has 0 atom stereocenters. The molecule has 0 saturated heterocycles. The van der Waals surface area contributed by atoms with Crippen LogP contribution in [0.25, 0.3) is 11.3 Å². The van der Waals surface area contributed by atoms with Crippen LogP contribution in [0.1, 0.15) is 31.4 Å². The summed E-state index contributed by atoms with van der Waals surface area (Å²) in [6.07, 6.45) is 2.37. The van der Waals surface area contributed by atoms with Crippen molar-refractivity contribution in [1.82, 2.24) is 10.5 Å². The zero-order valence-electron chi connectivity index (χ0n) is 13.3. The average Bonchev–Trinajstić information content (AvgIpc) is 3.09. The second-order valence-electron chi connectivity index (χ2n) is 6.15. The van der Waals surface area contributed by atoms with Gasteiger partial charge in [-0.2, -0.15) is 0 Å². The second-order valence-corrected chi connectivity index (χ2v) is 6.15. The zero-order valence-corrected chi connectivity index (χ0v) is 13.3. The molecule has 1 saturated carbocycles. The van der Waals surface area contributed by atoms with E-state index in [1.165, 1.54) is 0 Å². The number of carboxylic acids is 1. The molecule has 0 unspecified atom stereocenters. The van der Waals surface area contributed by atoms with Crippen molar-refractivity contribution in [3.8, 4) is 11.3 Å². The Morgan fingerprint density at radius 2 is 1.79 bits per heavy atom. The van der Waals surface area contributed by atoms with Crippen molar-refractivity contribution in [2.24, 2.45) is 11.8 Å². The van der Waals surface area contributed by atoms with Crippen LogP contribution in [0.2, 0.25) is 0 Å². The fourth-order valence-electron chi connectivity index (χ4n) is 3.06. The predicted octanol–water partition coefficient (Wildman–Crippen LogP) is 2.85. The van der Waals surface area contributed by atoms with E-state index in [0.717, 1.165) is 11.3 Å². The first-order valence-electron chi connectivity index (χ1n) is 8.15. The van der Waals surface area contributed by atoms with Gasteiger partial charge in [-0.1, -0.05) is 35.5 Å². The first-order chi connectivity index (χ1) is 11.6. The van der Waals surface area contributed by atoms with Crippen LogP contribution < -0.4 is 5.32 Å². The van der Waals surface area contributed by atoms with Crippen LogP contribution in [-0.4, -0.2) is 22.1 Å². The molecule has 1 heterocycles. The lowest BCUT2D eigenvalue weighted by atomic mass is 9.81. The number of rotatable bonds is 5. The summed E-state index contributed by atoms with van der Waals surface area (Å²) in [5.74, 6) is -0.629. The van der Waals surface area contributed by atoms with Gasteiger partial charge in [0, 0.05) is 17.5 Å². The normalized spacial score (nSPS) is 20.5. The predicted molar refractivity (Wildman–Crippen MR) is 86.9 cm³/mol. The number of amides is 1. The van der Waals surface area contributed by atoms with Crippen LogP contribution in [0.3, 0.4) is 0 Å². The SMILES string of the molecule is O=C(O)C1CCC(C(=O)NCc2cc(-c3ccccc3)no2)CC1.